The first-order valence-corrected chi connectivity index (χ1v) is 15.9. The number of likely N-dealkylation sites (tertiary alicyclic amines) is 1. The van der Waals surface area contributed by atoms with E-state index >= 15 is 0 Å². The molecule has 7 nitrogen and oxygen atoms in total. The summed E-state index contributed by atoms with van der Waals surface area (Å²) in [6, 6.07) is 21.4. The van der Waals surface area contributed by atoms with Crippen molar-refractivity contribution in [2.45, 2.75) is 57.5 Å². The monoisotopic (exact) mass is 595 g/mol. The fraction of sp³-hybridized carbons (Fsp3) is 0.375. The van der Waals surface area contributed by atoms with Crippen molar-refractivity contribution in [1.82, 2.24) is 14.1 Å². The highest BCUT2D eigenvalue weighted by Crippen LogP contribution is 2.24. The minimum atomic E-state index is -3.86. The normalized spacial score (nSPS) is 14.3. The number of nitrogens with zero attached hydrogens (tertiary/aromatic N) is 3. The topological polar surface area (TPSA) is 78.0 Å². The molecular weight excluding hydrogens is 558 g/mol. The summed E-state index contributed by atoms with van der Waals surface area (Å²) in [7, 11) is -3.86. The summed E-state index contributed by atoms with van der Waals surface area (Å²) < 4.78 is 28.4. The molecular formula is C32H38ClN3O4S. The second-order valence-electron chi connectivity index (χ2n) is 10.7. The van der Waals surface area contributed by atoms with E-state index < -0.39 is 10.0 Å². The van der Waals surface area contributed by atoms with Crippen LogP contribution in [0, 0.1) is 13.8 Å². The van der Waals surface area contributed by atoms with Crippen LogP contribution in [-0.2, 0) is 21.4 Å². The second kappa shape index (κ2) is 13.6. The highest BCUT2D eigenvalue weighted by molar-refractivity contribution is 7.89. The summed E-state index contributed by atoms with van der Waals surface area (Å²) in [6.45, 7) is 7.08. The van der Waals surface area contributed by atoms with E-state index in [4.69, 9.17) is 11.6 Å². The molecule has 41 heavy (non-hydrogen) atoms. The molecule has 3 aromatic carbocycles. The van der Waals surface area contributed by atoms with Gasteiger partial charge in [0, 0.05) is 42.8 Å². The van der Waals surface area contributed by atoms with Crippen molar-refractivity contribution in [3.8, 4) is 0 Å². The zero-order valence-electron chi connectivity index (χ0n) is 23.9. The molecule has 0 spiro atoms. The van der Waals surface area contributed by atoms with E-state index in [1.165, 1.54) is 4.31 Å². The van der Waals surface area contributed by atoms with Gasteiger partial charge >= 0.3 is 0 Å². The average Bonchev–Trinajstić information content (AvgIpc) is 2.96. The molecule has 0 bridgehead atoms. The minimum absolute atomic E-state index is 0.0190. The molecule has 1 aliphatic heterocycles. The van der Waals surface area contributed by atoms with Crippen LogP contribution in [0.4, 0.5) is 0 Å². The van der Waals surface area contributed by atoms with Gasteiger partial charge in [0.25, 0.3) is 5.91 Å². The van der Waals surface area contributed by atoms with Gasteiger partial charge in [0.1, 0.15) is 0 Å². The zero-order chi connectivity index (χ0) is 29.6. The third kappa shape index (κ3) is 7.76. The Morgan fingerprint density at radius 3 is 2.12 bits per heavy atom. The first-order chi connectivity index (χ1) is 19.6. The van der Waals surface area contributed by atoms with Crippen molar-refractivity contribution >= 4 is 33.4 Å². The number of amides is 2. The summed E-state index contributed by atoms with van der Waals surface area (Å²) in [6.07, 6.45) is 1.77. The smallest absolute Gasteiger partial charge is 0.253 e. The van der Waals surface area contributed by atoms with Crippen LogP contribution in [0.25, 0.3) is 0 Å². The maximum Gasteiger partial charge on any atom is 0.253 e. The molecule has 1 aliphatic rings. The Kier molecular flexibility index (Phi) is 10.2. The number of sulfonamides is 1. The minimum Gasteiger partial charge on any atom is -0.338 e. The van der Waals surface area contributed by atoms with Gasteiger partial charge in [0.2, 0.25) is 15.9 Å². The van der Waals surface area contributed by atoms with Crippen LogP contribution >= 0.6 is 11.6 Å². The molecule has 0 radical (unpaired) electrons. The molecule has 0 aliphatic carbocycles. The van der Waals surface area contributed by atoms with Crippen molar-refractivity contribution in [3.05, 3.63) is 100 Å². The predicted molar refractivity (Wildman–Crippen MR) is 162 cm³/mol. The molecule has 0 unspecified atom stereocenters. The number of aryl methyl sites for hydroxylation is 2. The fourth-order valence-corrected chi connectivity index (χ4v) is 6.84. The van der Waals surface area contributed by atoms with E-state index in [9.17, 15) is 18.0 Å². The Bertz CT molecular complexity index is 1450. The Hall–Kier alpha value is -3.20. The molecule has 1 heterocycles. The average molecular weight is 596 g/mol. The Labute approximate surface area is 248 Å². The summed E-state index contributed by atoms with van der Waals surface area (Å²) >= 11 is 6.24. The third-order valence-electron chi connectivity index (χ3n) is 7.50. The second-order valence-corrected chi connectivity index (χ2v) is 13.1. The number of hydrogen-bond donors (Lipinski definition) is 0. The summed E-state index contributed by atoms with van der Waals surface area (Å²) in [5, 5.41) is 0.572. The molecule has 2 amide bonds. The van der Waals surface area contributed by atoms with Crippen LogP contribution in [0.2, 0.25) is 5.02 Å². The lowest BCUT2D eigenvalue weighted by Crippen LogP contribution is -2.51. The Morgan fingerprint density at radius 1 is 0.927 bits per heavy atom. The maximum atomic E-state index is 13.9. The zero-order valence-corrected chi connectivity index (χ0v) is 25.5. The van der Waals surface area contributed by atoms with Crippen LogP contribution in [0.15, 0.2) is 77.7 Å². The predicted octanol–water partition coefficient (Wildman–Crippen LogP) is 5.69. The van der Waals surface area contributed by atoms with E-state index in [-0.39, 0.29) is 35.8 Å². The number of piperidine rings is 1. The molecule has 1 saturated heterocycles. The first kappa shape index (κ1) is 30.8. The van der Waals surface area contributed by atoms with Crippen LogP contribution < -0.4 is 0 Å². The number of carbonyl (C=O) groups excluding carboxylic acids is 2. The van der Waals surface area contributed by atoms with E-state index in [1.807, 2.05) is 68.1 Å². The number of carbonyl (C=O) groups is 2. The molecule has 1 fully saturated rings. The summed E-state index contributed by atoms with van der Waals surface area (Å²) in [4.78, 5) is 30.8. The third-order valence-corrected chi connectivity index (χ3v) is 9.59. The first-order valence-electron chi connectivity index (χ1n) is 14.0. The lowest BCUT2D eigenvalue weighted by molar-refractivity contribution is -0.135. The number of rotatable bonds is 10. The van der Waals surface area contributed by atoms with Gasteiger partial charge in [-0.15, -0.1) is 0 Å². The number of hydrogen-bond acceptors (Lipinski definition) is 4. The van der Waals surface area contributed by atoms with E-state index in [1.54, 1.807) is 35.2 Å². The van der Waals surface area contributed by atoms with Gasteiger partial charge in [0.15, 0.2) is 0 Å². The Morgan fingerprint density at radius 2 is 1.54 bits per heavy atom. The summed E-state index contributed by atoms with van der Waals surface area (Å²) in [5.74, 6) is -0.285. The van der Waals surface area contributed by atoms with E-state index in [2.05, 4.69) is 0 Å². The Balaban J connectivity index is 1.54. The van der Waals surface area contributed by atoms with Gasteiger partial charge in [0.05, 0.1) is 11.4 Å². The van der Waals surface area contributed by atoms with Gasteiger partial charge in [-0.2, -0.15) is 4.31 Å². The van der Waals surface area contributed by atoms with Crippen molar-refractivity contribution < 1.29 is 18.0 Å². The standard InChI is InChI=1S/C32H38ClN3O4S/c1-4-18-35(41(39,40)30-14-10-25(3)11-15-30)23-31(37)36(22-26-6-5-7-28(33)21-26)29-16-19-34(20-17-29)32(38)27-12-8-24(2)9-13-27/h5-15,21,29H,4,16-20,22-23H2,1-3H3. The van der Waals surface area contributed by atoms with E-state index in [0.717, 1.165) is 16.7 Å². The lowest BCUT2D eigenvalue weighted by atomic mass is 10.0. The fourth-order valence-electron chi connectivity index (χ4n) is 5.15. The van der Waals surface area contributed by atoms with Gasteiger partial charge in [-0.1, -0.05) is 66.0 Å². The molecule has 4 rings (SSSR count). The quantitative estimate of drug-likeness (QED) is 0.302. The van der Waals surface area contributed by atoms with Gasteiger partial charge < -0.3 is 9.80 Å². The van der Waals surface area contributed by atoms with Crippen molar-refractivity contribution in [3.63, 3.8) is 0 Å². The molecule has 9 heteroatoms. The molecule has 0 saturated carbocycles. The molecule has 218 valence electrons. The highest BCUT2D eigenvalue weighted by atomic mass is 35.5. The van der Waals surface area contributed by atoms with Crippen molar-refractivity contribution in [1.29, 1.82) is 0 Å². The van der Waals surface area contributed by atoms with Crippen LogP contribution in [0.1, 0.15) is 53.2 Å². The molecule has 0 aromatic heterocycles. The molecule has 0 atom stereocenters. The molecule has 3 aromatic rings. The SMILES string of the molecule is CCCN(CC(=O)N(Cc1cccc(Cl)c1)C1CCN(C(=O)c2ccc(C)cc2)CC1)S(=O)(=O)c1ccc(C)cc1. The van der Waals surface area contributed by atoms with Crippen molar-refractivity contribution in [2.24, 2.45) is 0 Å². The highest BCUT2D eigenvalue weighted by Gasteiger charge is 2.33. The molecule has 0 N–H and O–H groups in total. The van der Waals surface area contributed by atoms with Crippen molar-refractivity contribution in [2.75, 3.05) is 26.2 Å². The van der Waals surface area contributed by atoms with Gasteiger partial charge in [-0.05, 0) is 75.1 Å². The lowest BCUT2D eigenvalue weighted by Gasteiger charge is -2.39. The van der Waals surface area contributed by atoms with Crippen LogP contribution in [0.5, 0.6) is 0 Å². The largest absolute Gasteiger partial charge is 0.338 e. The van der Waals surface area contributed by atoms with Gasteiger partial charge in [-0.3, -0.25) is 9.59 Å². The van der Waals surface area contributed by atoms with Gasteiger partial charge in [-0.25, -0.2) is 8.42 Å². The van der Waals surface area contributed by atoms with Crippen LogP contribution in [-0.4, -0.2) is 66.6 Å². The summed E-state index contributed by atoms with van der Waals surface area (Å²) in [5.41, 5.74) is 3.57. The van der Waals surface area contributed by atoms with E-state index in [0.29, 0.717) is 49.5 Å². The number of benzene rings is 3. The maximum absolute atomic E-state index is 13.9. The van der Waals surface area contributed by atoms with Crippen LogP contribution in [0.3, 0.4) is 0 Å². The number of halogens is 1.